The van der Waals surface area contributed by atoms with Crippen LogP contribution in [-0.2, 0) is 10.3 Å². The van der Waals surface area contributed by atoms with Gasteiger partial charge in [-0.3, -0.25) is 9.48 Å². The average Bonchev–Trinajstić information content (AvgIpc) is 3.11. The zero-order chi connectivity index (χ0) is 16.3. The average molecular weight is 349 g/mol. The van der Waals surface area contributed by atoms with Crippen molar-refractivity contribution in [1.29, 1.82) is 0 Å². The molecule has 0 saturated carbocycles. The van der Waals surface area contributed by atoms with Gasteiger partial charge in [-0.15, -0.1) is 12.4 Å². The van der Waals surface area contributed by atoms with E-state index in [9.17, 15) is 4.79 Å². The fraction of sp³-hybridized carbons (Fsp3) is 0.444. The van der Waals surface area contributed by atoms with Gasteiger partial charge in [-0.25, -0.2) is 0 Å². The number of benzene rings is 1. The Morgan fingerprint density at radius 3 is 2.46 bits per heavy atom. The molecule has 1 amide bonds. The van der Waals surface area contributed by atoms with E-state index < -0.39 is 5.54 Å². The summed E-state index contributed by atoms with van der Waals surface area (Å²) in [4.78, 5) is 13.0. The number of rotatable bonds is 4. The van der Waals surface area contributed by atoms with Crippen LogP contribution in [0.3, 0.4) is 0 Å². The number of anilines is 1. The molecule has 0 radical (unpaired) electrons. The van der Waals surface area contributed by atoms with E-state index in [0.717, 1.165) is 31.6 Å². The normalized spacial score (nSPS) is 16.5. The second kappa shape index (κ2) is 7.81. The molecule has 0 bridgehead atoms. The summed E-state index contributed by atoms with van der Waals surface area (Å²) in [5, 5.41) is 10.7. The molecule has 0 aliphatic carbocycles. The number of hydrogen-bond donors (Lipinski definition) is 2. The number of nitrogens with one attached hydrogen (secondary N) is 2. The van der Waals surface area contributed by atoms with Gasteiger partial charge in [-0.1, -0.05) is 26.0 Å². The fourth-order valence-electron chi connectivity index (χ4n) is 3.12. The Kier molecular flexibility index (Phi) is 6.02. The van der Waals surface area contributed by atoms with Gasteiger partial charge in [-0.05, 0) is 55.6 Å². The number of halogens is 1. The molecule has 1 aliphatic rings. The lowest BCUT2D eigenvalue weighted by Gasteiger charge is -2.36. The van der Waals surface area contributed by atoms with E-state index in [0.29, 0.717) is 5.92 Å². The van der Waals surface area contributed by atoms with Crippen LogP contribution in [0.2, 0.25) is 0 Å². The third-order valence-electron chi connectivity index (χ3n) is 4.63. The largest absolute Gasteiger partial charge is 0.324 e. The van der Waals surface area contributed by atoms with Gasteiger partial charge in [0.2, 0.25) is 0 Å². The maximum atomic E-state index is 13.0. The van der Waals surface area contributed by atoms with Gasteiger partial charge in [0.15, 0.2) is 0 Å². The smallest absolute Gasteiger partial charge is 0.252 e. The summed E-state index contributed by atoms with van der Waals surface area (Å²) < 4.78 is 1.81. The van der Waals surface area contributed by atoms with Gasteiger partial charge in [0.1, 0.15) is 5.54 Å². The van der Waals surface area contributed by atoms with E-state index in [1.165, 1.54) is 5.56 Å². The van der Waals surface area contributed by atoms with Crippen LogP contribution in [0.4, 0.5) is 5.69 Å². The molecule has 2 heterocycles. The number of carbonyl (C=O) groups is 1. The third kappa shape index (κ3) is 3.62. The summed E-state index contributed by atoms with van der Waals surface area (Å²) in [6.45, 7) is 5.96. The van der Waals surface area contributed by atoms with Crippen molar-refractivity contribution in [3.63, 3.8) is 0 Å². The second-order valence-corrected chi connectivity index (χ2v) is 6.46. The number of nitrogens with zero attached hydrogens (tertiary/aromatic N) is 2. The second-order valence-electron chi connectivity index (χ2n) is 6.46. The number of hydrogen-bond acceptors (Lipinski definition) is 3. The number of aromatic nitrogens is 2. The molecule has 2 aromatic rings. The molecule has 130 valence electrons. The number of piperidine rings is 1. The van der Waals surface area contributed by atoms with Crippen molar-refractivity contribution in [1.82, 2.24) is 15.1 Å². The highest BCUT2D eigenvalue weighted by atomic mass is 35.5. The van der Waals surface area contributed by atoms with Crippen LogP contribution in [0.25, 0.3) is 0 Å². The van der Waals surface area contributed by atoms with Crippen molar-refractivity contribution in [2.24, 2.45) is 0 Å². The zero-order valence-corrected chi connectivity index (χ0v) is 15.0. The Balaban J connectivity index is 0.00000208. The number of amides is 1. The molecule has 2 N–H and O–H groups in total. The predicted octanol–water partition coefficient (Wildman–Crippen LogP) is 3.15. The van der Waals surface area contributed by atoms with Gasteiger partial charge in [-0.2, -0.15) is 5.10 Å². The highest BCUT2D eigenvalue weighted by Crippen LogP contribution is 2.29. The maximum absolute atomic E-state index is 13.0. The SMILES string of the molecule is CC(C)c1ccc(NC(=O)C2(n3cccn3)CCNCC2)cc1.Cl. The Morgan fingerprint density at radius 2 is 1.92 bits per heavy atom. The molecule has 1 fully saturated rings. The Bertz CT molecular complexity index is 646. The van der Waals surface area contributed by atoms with Crippen molar-refractivity contribution in [3.8, 4) is 0 Å². The van der Waals surface area contributed by atoms with Crippen LogP contribution in [0, 0.1) is 0 Å². The molecular weight excluding hydrogens is 324 g/mol. The van der Waals surface area contributed by atoms with Crippen molar-refractivity contribution in [2.75, 3.05) is 18.4 Å². The van der Waals surface area contributed by atoms with E-state index >= 15 is 0 Å². The maximum Gasteiger partial charge on any atom is 0.252 e. The van der Waals surface area contributed by atoms with Crippen molar-refractivity contribution < 1.29 is 4.79 Å². The molecule has 0 atom stereocenters. The summed E-state index contributed by atoms with van der Waals surface area (Å²) in [6.07, 6.45) is 5.09. The summed E-state index contributed by atoms with van der Waals surface area (Å²) in [5.41, 5.74) is 1.50. The summed E-state index contributed by atoms with van der Waals surface area (Å²) >= 11 is 0. The van der Waals surface area contributed by atoms with E-state index in [1.807, 2.05) is 29.1 Å². The molecule has 1 aromatic heterocycles. The van der Waals surface area contributed by atoms with Crippen LogP contribution in [0.5, 0.6) is 0 Å². The van der Waals surface area contributed by atoms with Crippen LogP contribution in [0.1, 0.15) is 38.2 Å². The molecule has 0 unspecified atom stereocenters. The summed E-state index contributed by atoms with van der Waals surface area (Å²) in [5.74, 6) is 0.500. The molecule has 24 heavy (non-hydrogen) atoms. The fourth-order valence-corrected chi connectivity index (χ4v) is 3.12. The van der Waals surface area contributed by atoms with Crippen LogP contribution in [-0.4, -0.2) is 28.8 Å². The van der Waals surface area contributed by atoms with Crippen LogP contribution in [0.15, 0.2) is 42.7 Å². The van der Waals surface area contributed by atoms with Gasteiger partial charge >= 0.3 is 0 Å². The lowest BCUT2D eigenvalue weighted by atomic mass is 9.87. The molecule has 1 aromatic carbocycles. The van der Waals surface area contributed by atoms with Crippen LogP contribution >= 0.6 is 12.4 Å². The zero-order valence-electron chi connectivity index (χ0n) is 14.2. The topological polar surface area (TPSA) is 59.0 Å². The first kappa shape index (κ1) is 18.5. The first-order chi connectivity index (χ1) is 11.1. The molecule has 1 aliphatic heterocycles. The van der Waals surface area contributed by atoms with E-state index in [-0.39, 0.29) is 18.3 Å². The monoisotopic (exact) mass is 348 g/mol. The van der Waals surface area contributed by atoms with Crippen molar-refractivity contribution in [3.05, 3.63) is 48.3 Å². The van der Waals surface area contributed by atoms with E-state index in [1.54, 1.807) is 6.20 Å². The first-order valence-corrected chi connectivity index (χ1v) is 8.24. The minimum atomic E-state index is -0.606. The predicted molar refractivity (Wildman–Crippen MR) is 98.7 cm³/mol. The molecule has 5 nitrogen and oxygen atoms in total. The van der Waals surface area contributed by atoms with Gasteiger partial charge in [0.25, 0.3) is 5.91 Å². The van der Waals surface area contributed by atoms with Gasteiger partial charge in [0, 0.05) is 18.1 Å². The molecule has 6 heteroatoms. The molecule has 1 saturated heterocycles. The Hall–Kier alpha value is -1.85. The minimum absolute atomic E-state index is 0. The third-order valence-corrected chi connectivity index (χ3v) is 4.63. The Morgan fingerprint density at radius 1 is 1.25 bits per heavy atom. The highest BCUT2D eigenvalue weighted by molar-refractivity contribution is 5.96. The van der Waals surface area contributed by atoms with E-state index in [2.05, 4.69) is 41.7 Å². The van der Waals surface area contributed by atoms with Crippen molar-refractivity contribution >= 4 is 24.0 Å². The van der Waals surface area contributed by atoms with Gasteiger partial charge < -0.3 is 10.6 Å². The molecular formula is C18H25ClN4O. The summed E-state index contributed by atoms with van der Waals surface area (Å²) in [7, 11) is 0. The first-order valence-electron chi connectivity index (χ1n) is 8.24. The Labute approximate surface area is 149 Å². The molecule has 0 spiro atoms. The lowest BCUT2D eigenvalue weighted by Crippen LogP contribution is -2.52. The highest BCUT2D eigenvalue weighted by Gasteiger charge is 2.41. The standard InChI is InChI=1S/C18H24N4O.ClH/c1-14(2)15-4-6-16(7-5-15)21-17(23)18(8-11-19-12-9-18)22-13-3-10-20-22;/h3-7,10,13-14,19H,8-9,11-12H2,1-2H3,(H,21,23);1H. The summed E-state index contributed by atoms with van der Waals surface area (Å²) in [6, 6.07) is 9.97. The van der Waals surface area contributed by atoms with Gasteiger partial charge in [0.05, 0.1) is 0 Å². The minimum Gasteiger partial charge on any atom is -0.324 e. The van der Waals surface area contributed by atoms with Crippen molar-refractivity contribution in [2.45, 2.75) is 38.1 Å². The lowest BCUT2D eigenvalue weighted by molar-refractivity contribution is -0.126. The van der Waals surface area contributed by atoms with Crippen LogP contribution < -0.4 is 10.6 Å². The quantitative estimate of drug-likeness (QED) is 0.892. The van der Waals surface area contributed by atoms with E-state index in [4.69, 9.17) is 0 Å². The molecule has 3 rings (SSSR count). The number of carbonyl (C=O) groups excluding carboxylic acids is 1.